The second-order valence-electron chi connectivity index (χ2n) is 4.70. The van der Waals surface area contributed by atoms with Crippen molar-refractivity contribution in [2.75, 3.05) is 31.1 Å². The summed E-state index contributed by atoms with van der Waals surface area (Å²) in [5.41, 5.74) is 0.577. The SMILES string of the molecule is CCNC(=O)C1CNCCN1c1ccc([N+](=O)[O-])cc1Cl. The van der Waals surface area contributed by atoms with E-state index in [1.54, 1.807) is 6.07 Å². The molecule has 1 atom stereocenters. The zero-order valence-corrected chi connectivity index (χ0v) is 12.4. The van der Waals surface area contributed by atoms with E-state index in [4.69, 9.17) is 11.6 Å². The lowest BCUT2D eigenvalue weighted by Crippen LogP contribution is -2.58. The van der Waals surface area contributed by atoms with Gasteiger partial charge in [0.25, 0.3) is 5.69 Å². The van der Waals surface area contributed by atoms with Gasteiger partial charge in [-0.25, -0.2) is 0 Å². The number of nitrogens with one attached hydrogen (secondary N) is 2. The summed E-state index contributed by atoms with van der Waals surface area (Å²) in [7, 11) is 0. The molecule has 0 saturated carbocycles. The minimum Gasteiger partial charge on any atom is -0.356 e. The highest BCUT2D eigenvalue weighted by Crippen LogP contribution is 2.31. The fourth-order valence-corrected chi connectivity index (χ4v) is 2.64. The van der Waals surface area contributed by atoms with Crippen molar-refractivity contribution in [3.05, 3.63) is 33.3 Å². The van der Waals surface area contributed by atoms with Gasteiger partial charge < -0.3 is 15.5 Å². The first-order chi connectivity index (χ1) is 10.0. The van der Waals surface area contributed by atoms with Gasteiger partial charge in [-0.1, -0.05) is 11.6 Å². The Morgan fingerprint density at radius 3 is 3.00 bits per heavy atom. The second kappa shape index (κ2) is 6.73. The topological polar surface area (TPSA) is 87.5 Å². The number of nitro groups is 1. The first-order valence-electron chi connectivity index (χ1n) is 6.73. The highest BCUT2D eigenvalue weighted by Gasteiger charge is 2.30. The van der Waals surface area contributed by atoms with Crippen molar-refractivity contribution in [3.8, 4) is 0 Å². The molecular formula is C13H17ClN4O3. The van der Waals surface area contributed by atoms with Crippen molar-refractivity contribution in [2.24, 2.45) is 0 Å². The summed E-state index contributed by atoms with van der Waals surface area (Å²) in [6.07, 6.45) is 0. The summed E-state index contributed by atoms with van der Waals surface area (Å²) >= 11 is 6.16. The van der Waals surface area contributed by atoms with Crippen LogP contribution in [0.1, 0.15) is 6.92 Å². The maximum atomic E-state index is 12.1. The number of hydrogen-bond donors (Lipinski definition) is 2. The van der Waals surface area contributed by atoms with Crippen LogP contribution < -0.4 is 15.5 Å². The van der Waals surface area contributed by atoms with E-state index in [-0.39, 0.29) is 22.7 Å². The average molecular weight is 313 g/mol. The van der Waals surface area contributed by atoms with E-state index in [2.05, 4.69) is 10.6 Å². The van der Waals surface area contributed by atoms with Crippen LogP contribution in [0.15, 0.2) is 18.2 Å². The molecule has 1 fully saturated rings. The van der Waals surface area contributed by atoms with Gasteiger partial charge in [0.1, 0.15) is 6.04 Å². The van der Waals surface area contributed by atoms with Crippen LogP contribution in [0.2, 0.25) is 5.02 Å². The van der Waals surface area contributed by atoms with Crippen LogP contribution in [-0.4, -0.2) is 43.1 Å². The number of non-ortho nitro benzene ring substituents is 1. The maximum Gasteiger partial charge on any atom is 0.271 e. The van der Waals surface area contributed by atoms with Gasteiger partial charge in [0, 0.05) is 38.3 Å². The number of anilines is 1. The lowest BCUT2D eigenvalue weighted by atomic mass is 10.1. The summed E-state index contributed by atoms with van der Waals surface area (Å²) in [6.45, 7) is 4.26. The van der Waals surface area contributed by atoms with E-state index in [1.165, 1.54) is 12.1 Å². The van der Waals surface area contributed by atoms with E-state index < -0.39 is 4.92 Å². The van der Waals surface area contributed by atoms with Gasteiger partial charge in [-0.2, -0.15) is 0 Å². The zero-order chi connectivity index (χ0) is 15.4. The standard InChI is InChI=1S/C13H17ClN4O3/c1-2-16-13(19)12-8-15-5-6-17(12)11-4-3-9(18(20)21)7-10(11)14/h3-4,7,12,15H,2,5-6,8H2,1H3,(H,16,19). The number of halogens is 1. The predicted molar refractivity (Wildman–Crippen MR) is 80.8 cm³/mol. The number of nitro benzene ring substituents is 1. The van der Waals surface area contributed by atoms with Gasteiger partial charge >= 0.3 is 0 Å². The molecule has 1 heterocycles. The number of carbonyl (C=O) groups excluding carboxylic acids is 1. The molecule has 0 aromatic heterocycles. The van der Waals surface area contributed by atoms with E-state index in [1.807, 2.05) is 11.8 Å². The zero-order valence-electron chi connectivity index (χ0n) is 11.6. The fourth-order valence-electron chi connectivity index (χ4n) is 2.36. The predicted octanol–water partition coefficient (Wildman–Crippen LogP) is 1.16. The van der Waals surface area contributed by atoms with Gasteiger partial charge in [0.05, 0.1) is 15.6 Å². The Kier molecular flexibility index (Phi) is 4.98. The molecular weight excluding hydrogens is 296 g/mol. The molecule has 21 heavy (non-hydrogen) atoms. The number of hydrogen-bond acceptors (Lipinski definition) is 5. The van der Waals surface area contributed by atoms with Gasteiger partial charge in [-0.15, -0.1) is 0 Å². The summed E-state index contributed by atoms with van der Waals surface area (Å²) < 4.78 is 0. The Balaban J connectivity index is 2.29. The lowest BCUT2D eigenvalue weighted by Gasteiger charge is -2.37. The van der Waals surface area contributed by atoms with Crippen molar-refractivity contribution >= 4 is 28.9 Å². The Labute approximate surface area is 127 Å². The Bertz CT molecular complexity index is 552. The van der Waals surface area contributed by atoms with Crippen LogP contribution in [0.25, 0.3) is 0 Å². The smallest absolute Gasteiger partial charge is 0.271 e. The molecule has 1 aliphatic heterocycles. The first-order valence-corrected chi connectivity index (χ1v) is 7.11. The van der Waals surface area contributed by atoms with Crippen LogP contribution in [0.4, 0.5) is 11.4 Å². The van der Waals surface area contributed by atoms with Crippen LogP contribution in [0.5, 0.6) is 0 Å². The van der Waals surface area contributed by atoms with Crippen LogP contribution in [0.3, 0.4) is 0 Å². The molecule has 7 nitrogen and oxygen atoms in total. The third-order valence-electron chi connectivity index (χ3n) is 3.35. The molecule has 1 aliphatic rings. The molecule has 1 unspecified atom stereocenters. The average Bonchev–Trinajstić information content (AvgIpc) is 2.47. The summed E-state index contributed by atoms with van der Waals surface area (Å²) in [5, 5.41) is 17.0. The van der Waals surface area contributed by atoms with E-state index in [9.17, 15) is 14.9 Å². The van der Waals surface area contributed by atoms with Crippen LogP contribution in [-0.2, 0) is 4.79 Å². The van der Waals surface area contributed by atoms with Crippen molar-refractivity contribution in [1.29, 1.82) is 0 Å². The molecule has 2 rings (SSSR count). The largest absolute Gasteiger partial charge is 0.356 e. The Morgan fingerprint density at radius 1 is 1.62 bits per heavy atom. The molecule has 1 amide bonds. The second-order valence-corrected chi connectivity index (χ2v) is 5.11. The lowest BCUT2D eigenvalue weighted by molar-refractivity contribution is -0.384. The number of nitrogens with zero attached hydrogens (tertiary/aromatic N) is 2. The normalized spacial score (nSPS) is 18.4. The quantitative estimate of drug-likeness (QED) is 0.643. The third kappa shape index (κ3) is 3.43. The molecule has 0 aliphatic carbocycles. The highest BCUT2D eigenvalue weighted by molar-refractivity contribution is 6.33. The number of benzene rings is 1. The Hall–Kier alpha value is -1.86. The molecule has 8 heteroatoms. The summed E-state index contributed by atoms with van der Waals surface area (Å²) in [6, 6.07) is 3.93. The van der Waals surface area contributed by atoms with Gasteiger partial charge in [-0.3, -0.25) is 14.9 Å². The first kappa shape index (κ1) is 15.5. The van der Waals surface area contributed by atoms with Crippen molar-refractivity contribution in [2.45, 2.75) is 13.0 Å². The number of piperazine rings is 1. The van der Waals surface area contributed by atoms with Crippen molar-refractivity contribution < 1.29 is 9.72 Å². The molecule has 0 spiro atoms. The monoisotopic (exact) mass is 312 g/mol. The van der Waals surface area contributed by atoms with Gasteiger partial charge in [0.15, 0.2) is 0 Å². The van der Waals surface area contributed by atoms with Crippen LogP contribution in [0, 0.1) is 10.1 Å². The number of amides is 1. The molecule has 1 aromatic rings. The molecule has 0 radical (unpaired) electrons. The van der Waals surface area contributed by atoms with E-state index in [0.717, 1.165) is 6.54 Å². The summed E-state index contributed by atoms with van der Waals surface area (Å²) in [5.74, 6) is -0.0841. The van der Waals surface area contributed by atoms with E-state index >= 15 is 0 Å². The van der Waals surface area contributed by atoms with Crippen LogP contribution >= 0.6 is 11.6 Å². The Morgan fingerprint density at radius 2 is 2.38 bits per heavy atom. The molecule has 0 bridgehead atoms. The molecule has 1 aromatic carbocycles. The van der Waals surface area contributed by atoms with Crippen molar-refractivity contribution in [3.63, 3.8) is 0 Å². The highest BCUT2D eigenvalue weighted by atomic mass is 35.5. The number of likely N-dealkylation sites (N-methyl/N-ethyl adjacent to an activating group) is 1. The minimum absolute atomic E-state index is 0.0616. The van der Waals surface area contributed by atoms with E-state index in [0.29, 0.717) is 25.3 Å². The number of carbonyl (C=O) groups is 1. The molecule has 2 N–H and O–H groups in total. The minimum atomic E-state index is -0.491. The number of rotatable bonds is 4. The molecule has 1 saturated heterocycles. The van der Waals surface area contributed by atoms with Crippen molar-refractivity contribution in [1.82, 2.24) is 10.6 Å². The fraction of sp³-hybridized carbons (Fsp3) is 0.462. The molecule has 114 valence electrons. The summed E-state index contributed by atoms with van der Waals surface area (Å²) in [4.78, 5) is 24.3. The van der Waals surface area contributed by atoms with Gasteiger partial charge in [-0.05, 0) is 13.0 Å². The maximum absolute atomic E-state index is 12.1. The van der Waals surface area contributed by atoms with Gasteiger partial charge in [0.2, 0.25) is 5.91 Å². The third-order valence-corrected chi connectivity index (χ3v) is 3.65.